The van der Waals surface area contributed by atoms with Crippen LogP contribution in [0.3, 0.4) is 0 Å². The number of benzene rings is 1. The molecule has 2 amide bonds. The summed E-state index contributed by atoms with van der Waals surface area (Å²) in [7, 11) is 2.99. The van der Waals surface area contributed by atoms with Crippen molar-refractivity contribution >= 4 is 17.5 Å². The number of aromatic nitrogens is 1. The molecule has 8 nitrogen and oxygen atoms in total. The number of amides is 2. The van der Waals surface area contributed by atoms with Crippen LogP contribution in [0.5, 0.6) is 11.5 Å². The zero-order valence-corrected chi connectivity index (χ0v) is 17.4. The van der Waals surface area contributed by atoms with Crippen LogP contribution in [0.1, 0.15) is 40.0 Å². The molecule has 2 aromatic rings. The van der Waals surface area contributed by atoms with Gasteiger partial charge in [-0.1, -0.05) is 0 Å². The number of anilines is 1. The van der Waals surface area contributed by atoms with Crippen molar-refractivity contribution in [3.05, 3.63) is 46.8 Å². The second kappa shape index (κ2) is 8.31. The van der Waals surface area contributed by atoms with E-state index in [4.69, 9.17) is 14.2 Å². The summed E-state index contributed by atoms with van der Waals surface area (Å²) in [6.45, 7) is 3.51. The van der Waals surface area contributed by atoms with E-state index in [1.165, 1.54) is 14.2 Å². The normalized spacial score (nSPS) is 17.6. The topological polar surface area (TPSA) is 90.0 Å². The summed E-state index contributed by atoms with van der Waals surface area (Å²) in [6, 6.07) is 5.27. The van der Waals surface area contributed by atoms with E-state index in [1.54, 1.807) is 17.0 Å². The van der Waals surface area contributed by atoms with Gasteiger partial charge in [-0.3, -0.25) is 14.6 Å². The predicted molar refractivity (Wildman–Crippen MR) is 110 cm³/mol. The monoisotopic (exact) mass is 411 g/mol. The van der Waals surface area contributed by atoms with Crippen LogP contribution in [0.25, 0.3) is 0 Å². The highest BCUT2D eigenvalue weighted by atomic mass is 16.5. The lowest BCUT2D eigenvalue weighted by atomic mass is 10.1. The first-order chi connectivity index (χ1) is 14.5. The molecule has 0 radical (unpaired) electrons. The number of rotatable bonds is 5. The van der Waals surface area contributed by atoms with E-state index in [0.29, 0.717) is 48.9 Å². The highest BCUT2D eigenvalue weighted by molar-refractivity contribution is 6.00. The molecular weight excluding hydrogens is 386 g/mol. The molecule has 2 aliphatic rings. The van der Waals surface area contributed by atoms with E-state index in [-0.39, 0.29) is 11.8 Å². The first kappa shape index (κ1) is 20.2. The Balaban J connectivity index is 1.61. The molecule has 3 heterocycles. The minimum Gasteiger partial charge on any atom is -0.493 e. The second-order valence-corrected chi connectivity index (χ2v) is 7.51. The van der Waals surface area contributed by atoms with Gasteiger partial charge in [0.2, 0.25) is 0 Å². The summed E-state index contributed by atoms with van der Waals surface area (Å²) in [4.78, 5) is 31.9. The van der Waals surface area contributed by atoms with Crippen molar-refractivity contribution in [1.82, 2.24) is 9.88 Å². The molecule has 0 bridgehead atoms. The number of fused-ring (bicyclic) bond motifs is 1. The van der Waals surface area contributed by atoms with Crippen molar-refractivity contribution < 1.29 is 23.8 Å². The van der Waals surface area contributed by atoms with Gasteiger partial charge in [-0.05, 0) is 49.1 Å². The van der Waals surface area contributed by atoms with Gasteiger partial charge >= 0.3 is 0 Å². The average molecular weight is 411 g/mol. The maximum atomic E-state index is 13.2. The van der Waals surface area contributed by atoms with Crippen molar-refractivity contribution in [1.29, 1.82) is 0 Å². The third-order valence-electron chi connectivity index (χ3n) is 5.44. The maximum absolute atomic E-state index is 13.2. The Morgan fingerprint density at radius 1 is 1.17 bits per heavy atom. The molecule has 1 saturated heterocycles. The number of ether oxygens (including phenoxy) is 3. The summed E-state index contributed by atoms with van der Waals surface area (Å²) in [5.41, 5.74) is 3.86. The van der Waals surface area contributed by atoms with Crippen molar-refractivity contribution in [3.8, 4) is 11.5 Å². The van der Waals surface area contributed by atoms with Crippen LogP contribution in [0.4, 0.5) is 5.69 Å². The third kappa shape index (κ3) is 3.82. The van der Waals surface area contributed by atoms with Crippen LogP contribution in [-0.2, 0) is 22.6 Å². The van der Waals surface area contributed by atoms with Gasteiger partial charge in [-0.25, -0.2) is 0 Å². The lowest BCUT2D eigenvalue weighted by Gasteiger charge is -2.20. The van der Waals surface area contributed by atoms with Gasteiger partial charge < -0.3 is 24.4 Å². The van der Waals surface area contributed by atoms with Gasteiger partial charge in [0.05, 0.1) is 19.9 Å². The number of hydrogen-bond acceptors (Lipinski definition) is 6. The number of methoxy groups -OCH3 is 2. The van der Waals surface area contributed by atoms with Gasteiger partial charge in [0.15, 0.2) is 11.5 Å². The molecule has 158 valence electrons. The van der Waals surface area contributed by atoms with E-state index >= 15 is 0 Å². The Kier molecular flexibility index (Phi) is 5.59. The molecule has 4 rings (SSSR count). The minimum absolute atomic E-state index is 0.155. The summed E-state index contributed by atoms with van der Waals surface area (Å²) < 4.78 is 16.3. The fraction of sp³-hybridized carbons (Fsp3) is 0.409. The zero-order chi connectivity index (χ0) is 21.3. The van der Waals surface area contributed by atoms with Crippen LogP contribution in [-0.4, -0.2) is 48.6 Å². The van der Waals surface area contributed by atoms with E-state index in [2.05, 4.69) is 10.3 Å². The highest BCUT2D eigenvalue weighted by Gasteiger charge is 2.28. The molecule has 1 aromatic heterocycles. The Bertz CT molecular complexity index is 985. The minimum atomic E-state index is -0.496. The Hall–Kier alpha value is -3.13. The summed E-state index contributed by atoms with van der Waals surface area (Å²) in [6.07, 6.45) is 2.84. The van der Waals surface area contributed by atoms with Gasteiger partial charge in [0, 0.05) is 37.2 Å². The Morgan fingerprint density at radius 2 is 1.97 bits per heavy atom. The second-order valence-electron chi connectivity index (χ2n) is 7.51. The van der Waals surface area contributed by atoms with Crippen LogP contribution in [0.2, 0.25) is 0 Å². The Labute approximate surface area is 175 Å². The zero-order valence-electron chi connectivity index (χ0n) is 17.4. The molecule has 1 fully saturated rings. The van der Waals surface area contributed by atoms with Gasteiger partial charge in [-0.15, -0.1) is 0 Å². The number of carbonyl (C=O) groups excluding carboxylic acids is 2. The lowest BCUT2D eigenvalue weighted by Crippen LogP contribution is -2.28. The first-order valence-corrected chi connectivity index (χ1v) is 9.92. The number of hydrogen-bond donors (Lipinski definition) is 1. The van der Waals surface area contributed by atoms with E-state index in [9.17, 15) is 9.59 Å². The molecular formula is C22H25N3O5. The van der Waals surface area contributed by atoms with Crippen molar-refractivity contribution in [2.75, 3.05) is 26.1 Å². The first-order valence-electron chi connectivity index (χ1n) is 9.92. The van der Waals surface area contributed by atoms with Gasteiger partial charge in [0.1, 0.15) is 6.10 Å². The smallest absolute Gasteiger partial charge is 0.254 e. The molecule has 0 spiro atoms. The average Bonchev–Trinajstić information content (AvgIpc) is 3.42. The van der Waals surface area contributed by atoms with E-state index < -0.39 is 6.10 Å². The van der Waals surface area contributed by atoms with Crippen molar-refractivity contribution in [3.63, 3.8) is 0 Å². The molecule has 0 saturated carbocycles. The molecule has 30 heavy (non-hydrogen) atoms. The van der Waals surface area contributed by atoms with Crippen LogP contribution < -0.4 is 14.8 Å². The van der Waals surface area contributed by atoms with E-state index in [0.717, 1.165) is 23.2 Å². The quantitative estimate of drug-likeness (QED) is 0.814. The van der Waals surface area contributed by atoms with Crippen molar-refractivity contribution in [2.24, 2.45) is 0 Å². The highest BCUT2D eigenvalue weighted by Crippen LogP contribution is 2.38. The van der Waals surface area contributed by atoms with Crippen LogP contribution in [0.15, 0.2) is 24.4 Å². The summed E-state index contributed by atoms with van der Waals surface area (Å²) in [5.74, 6) is 0.329. The number of carbonyl (C=O) groups is 2. The fourth-order valence-corrected chi connectivity index (χ4v) is 3.91. The van der Waals surface area contributed by atoms with Gasteiger partial charge in [0.25, 0.3) is 11.8 Å². The van der Waals surface area contributed by atoms with Crippen molar-refractivity contribution in [2.45, 2.75) is 39.0 Å². The lowest BCUT2D eigenvalue weighted by molar-refractivity contribution is -0.124. The molecule has 0 aliphatic carbocycles. The van der Waals surface area contributed by atoms with Crippen LogP contribution >= 0.6 is 0 Å². The van der Waals surface area contributed by atoms with E-state index in [1.807, 2.05) is 19.2 Å². The third-order valence-corrected chi connectivity index (χ3v) is 5.44. The van der Waals surface area contributed by atoms with Crippen LogP contribution in [0, 0.1) is 6.92 Å². The Morgan fingerprint density at radius 3 is 2.67 bits per heavy atom. The number of pyridine rings is 1. The predicted octanol–water partition coefficient (Wildman–Crippen LogP) is 2.68. The molecule has 1 aromatic carbocycles. The number of aryl methyl sites for hydroxylation is 1. The largest absolute Gasteiger partial charge is 0.493 e. The maximum Gasteiger partial charge on any atom is 0.254 e. The molecule has 2 aliphatic heterocycles. The molecule has 0 unspecified atom stereocenters. The number of nitrogens with one attached hydrogen (secondary N) is 1. The number of nitrogens with zero attached hydrogens (tertiary/aromatic N) is 2. The molecule has 8 heteroatoms. The summed E-state index contributed by atoms with van der Waals surface area (Å²) in [5, 5.41) is 2.84. The SMILES string of the molecule is COc1cc(C(=O)N2Cc3cnc(C)cc3C2)cc(NC(=O)[C@@H]2CCCO2)c1OC. The fourth-order valence-electron chi connectivity index (χ4n) is 3.91. The standard InChI is InChI=1S/C22H25N3O5/c1-13-7-15-11-25(12-16(15)10-23-13)22(27)14-8-17(20(29-3)19(9-14)28-2)24-21(26)18-5-4-6-30-18/h7-10,18H,4-6,11-12H2,1-3H3,(H,24,26)/t18-/m0/s1. The molecule has 1 N–H and O–H groups in total. The van der Waals surface area contributed by atoms with Gasteiger partial charge in [-0.2, -0.15) is 0 Å². The summed E-state index contributed by atoms with van der Waals surface area (Å²) >= 11 is 0. The molecule has 1 atom stereocenters.